The van der Waals surface area contributed by atoms with Crippen LogP contribution in [0.4, 0.5) is 0 Å². The van der Waals surface area contributed by atoms with Gasteiger partial charge < -0.3 is 15.7 Å². The molecular weight excluding hydrogens is 464 g/mol. The number of nitrogens with one attached hydrogen (secondary N) is 2. The van der Waals surface area contributed by atoms with Crippen LogP contribution in [0.3, 0.4) is 0 Å². The molecule has 2 amide bonds. The number of benzene rings is 1. The zero-order valence-corrected chi connectivity index (χ0v) is 23.7. The Hall–Kier alpha value is -2.37. The third-order valence-electron chi connectivity index (χ3n) is 7.23. The molecular formula is C31H52N2O4. The average Bonchev–Trinajstić information content (AvgIpc) is 2.90. The van der Waals surface area contributed by atoms with Gasteiger partial charge in [-0.3, -0.25) is 9.59 Å². The van der Waals surface area contributed by atoms with Gasteiger partial charge in [-0.2, -0.15) is 0 Å². The number of hydrogen-bond donors (Lipinski definition) is 3. The van der Waals surface area contributed by atoms with E-state index < -0.39 is 17.9 Å². The fourth-order valence-corrected chi connectivity index (χ4v) is 4.45. The molecule has 0 heterocycles. The molecule has 37 heavy (non-hydrogen) atoms. The maximum Gasteiger partial charge on any atom is 0.326 e. The summed E-state index contributed by atoms with van der Waals surface area (Å²) in [4.78, 5) is 36.0. The predicted molar refractivity (Wildman–Crippen MR) is 152 cm³/mol. The van der Waals surface area contributed by atoms with E-state index in [2.05, 4.69) is 17.6 Å². The van der Waals surface area contributed by atoms with Crippen LogP contribution in [0.2, 0.25) is 0 Å². The second-order valence-electron chi connectivity index (χ2n) is 10.5. The summed E-state index contributed by atoms with van der Waals surface area (Å²) in [6.45, 7) is 6.39. The number of carboxylic acid groups (broad SMARTS) is 1. The Morgan fingerprint density at radius 3 is 1.70 bits per heavy atom. The van der Waals surface area contributed by atoms with Crippen LogP contribution in [0, 0.1) is 5.92 Å². The highest BCUT2D eigenvalue weighted by Gasteiger charge is 2.25. The topological polar surface area (TPSA) is 95.5 Å². The molecule has 0 unspecified atom stereocenters. The van der Waals surface area contributed by atoms with Crippen molar-refractivity contribution in [1.82, 2.24) is 10.6 Å². The van der Waals surface area contributed by atoms with Gasteiger partial charge in [-0.15, -0.1) is 0 Å². The van der Waals surface area contributed by atoms with Crippen molar-refractivity contribution in [2.24, 2.45) is 5.92 Å². The van der Waals surface area contributed by atoms with Crippen LogP contribution in [0.15, 0.2) is 24.3 Å². The van der Waals surface area contributed by atoms with Crippen LogP contribution in [0.5, 0.6) is 0 Å². The molecule has 0 saturated carbocycles. The third-order valence-corrected chi connectivity index (χ3v) is 7.23. The molecule has 6 nitrogen and oxygen atoms in total. The fourth-order valence-electron chi connectivity index (χ4n) is 4.45. The van der Waals surface area contributed by atoms with Crippen molar-refractivity contribution in [3.63, 3.8) is 0 Å². The summed E-state index contributed by atoms with van der Waals surface area (Å²) in [6.07, 6.45) is 19.4. The lowest BCUT2D eigenvalue weighted by Crippen LogP contribution is -2.45. The highest BCUT2D eigenvalue weighted by Crippen LogP contribution is 2.14. The first-order chi connectivity index (χ1) is 17.9. The quantitative estimate of drug-likeness (QED) is 0.140. The normalized spacial score (nSPS) is 12.6. The van der Waals surface area contributed by atoms with E-state index in [1.807, 2.05) is 13.8 Å². The van der Waals surface area contributed by atoms with E-state index in [-0.39, 0.29) is 11.8 Å². The SMILES string of the molecule is CCCCCCCCCCCCCCCCC(=O)NCc1ccc(C(=O)N[C@H](C(=O)O)[C@@H](C)CC)cc1. The minimum Gasteiger partial charge on any atom is -0.480 e. The Labute approximate surface area is 225 Å². The van der Waals surface area contributed by atoms with E-state index in [9.17, 15) is 19.5 Å². The number of aliphatic carboxylic acids is 1. The van der Waals surface area contributed by atoms with Gasteiger partial charge in [0.2, 0.25) is 5.91 Å². The lowest BCUT2D eigenvalue weighted by Gasteiger charge is -2.20. The van der Waals surface area contributed by atoms with Gasteiger partial charge in [0.1, 0.15) is 6.04 Å². The number of carboxylic acids is 1. The Morgan fingerprint density at radius 2 is 1.24 bits per heavy atom. The fraction of sp³-hybridized carbons (Fsp3) is 0.710. The van der Waals surface area contributed by atoms with Crippen molar-refractivity contribution in [1.29, 1.82) is 0 Å². The van der Waals surface area contributed by atoms with E-state index in [0.29, 0.717) is 24.9 Å². The van der Waals surface area contributed by atoms with Crippen LogP contribution < -0.4 is 10.6 Å². The zero-order chi connectivity index (χ0) is 27.3. The molecule has 0 aliphatic carbocycles. The van der Waals surface area contributed by atoms with Gasteiger partial charge in [0.15, 0.2) is 0 Å². The van der Waals surface area contributed by atoms with Crippen LogP contribution in [0.1, 0.15) is 139 Å². The maximum atomic E-state index is 12.4. The summed E-state index contributed by atoms with van der Waals surface area (Å²) >= 11 is 0. The number of carbonyl (C=O) groups is 3. The Bertz CT molecular complexity index is 763. The Morgan fingerprint density at radius 1 is 0.757 bits per heavy atom. The average molecular weight is 517 g/mol. The Kier molecular flexibility index (Phi) is 18.2. The predicted octanol–water partition coefficient (Wildman–Crippen LogP) is 7.40. The molecule has 1 aromatic carbocycles. The minimum atomic E-state index is -1.03. The molecule has 0 aromatic heterocycles. The first kappa shape index (κ1) is 32.7. The minimum absolute atomic E-state index is 0.0543. The molecule has 1 rings (SSSR count). The number of rotatable bonds is 22. The van der Waals surface area contributed by atoms with Crippen molar-refractivity contribution in [2.45, 2.75) is 136 Å². The van der Waals surface area contributed by atoms with Gasteiger partial charge >= 0.3 is 5.97 Å². The molecule has 0 bridgehead atoms. The van der Waals surface area contributed by atoms with Gasteiger partial charge in [-0.05, 0) is 30.0 Å². The summed E-state index contributed by atoms with van der Waals surface area (Å²) in [5.41, 5.74) is 1.31. The van der Waals surface area contributed by atoms with Crippen LogP contribution in [-0.2, 0) is 16.1 Å². The molecule has 210 valence electrons. The first-order valence-corrected chi connectivity index (χ1v) is 14.8. The highest BCUT2D eigenvalue weighted by molar-refractivity contribution is 5.96. The molecule has 0 radical (unpaired) electrons. The van der Waals surface area contributed by atoms with Crippen molar-refractivity contribution in [2.75, 3.05) is 0 Å². The smallest absolute Gasteiger partial charge is 0.326 e. The lowest BCUT2D eigenvalue weighted by atomic mass is 9.99. The van der Waals surface area contributed by atoms with E-state index in [1.54, 1.807) is 24.3 Å². The van der Waals surface area contributed by atoms with Crippen molar-refractivity contribution in [3.05, 3.63) is 35.4 Å². The number of carbonyl (C=O) groups excluding carboxylic acids is 2. The maximum absolute atomic E-state index is 12.4. The highest BCUT2D eigenvalue weighted by atomic mass is 16.4. The van der Waals surface area contributed by atoms with Gasteiger partial charge in [-0.25, -0.2) is 4.79 Å². The van der Waals surface area contributed by atoms with Gasteiger partial charge in [0.25, 0.3) is 5.91 Å². The summed E-state index contributed by atoms with van der Waals surface area (Å²) in [5, 5.41) is 14.9. The molecule has 6 heteroatoms. The van der Waals surface area contributed by atoms with Gasteiger partial charge in [0.05, 0.1) is 0 Å². The van der Waals surface area contributed by atoms with E-state index in [0.717, 1.165) is 18.4 Å². The standard InChI is InChI=1S/C31H52N2O4/c1-4-6-7-8-9-10-11-12-13-14-15-16-17-18-19-28(34)32-24-26-20-22-27(23-21-26)30(35)33-29(31(36)37)25(3)5-2/h20-23,25,29H,4-19,24H2,1-3H3,(H,32,34)(H,33,35)(H,36,37)/t25-,29-/m0/s1. The Balaban J connectivity index is 2.11. The zero-order valence-electron chi connectivity index (χ0n) is 23.7. The van der Waals surface area contributed by atoms with Gasteiger partial charge in [-0.1, -0.05) is 123 Å². The molecule has 2 atom stereocenters. The number of unbranched alkanes of at least 4 members (excludes halogenated alkanes) is 13. The molecule has 0 saturated heterocycles. The van der Waals surface area contributed by atoms with Crippen LogP contribution in [-0.4, -0.2) is 28.9 Å². The second kappa shape index (κ2) is 20.7. The summed E-state index contributed by atoms with van der Waals surface area (Å²) in [6, 6.07) is 6.01. The van der Waals surface area contributed by atoms with Crippen molar-refractivity contribution < 1.29 is 19.5 Å². The lowest BCUT2D eigenvalue weighted by molar-refractivity contribution is -0.140. The molecule has 1 aromatic rings. The van der Waals surface area contributed by atoms with Crippen LogP contribution >= 0.6 is 0 Å². The van der Waals surface area contributed by atoms with E-state index in [1.165, 1.54) is 77.0 Å². The van der Waals surface area contributed by atoms with Crippen molar-refractivity contribution >= 4 is 17.8 Å². The summed E-state index contributed by atoms with van der Waals surface area (Å²) < 4.78 is 0. The van der Waals surface area contributed by atoms with Crippen molar-refractivity contribution in [3.8, 4) is 0 Å². The number of hydrogen-bond acceptors (Lipinski definition) is 3. The summed E-state index contributed by atoms with van der Waals surface area (Å²) in [5.74, 6) is -1.53. The molecule has 0 aliphatic heterocycles. The molecule has 0 fully saturated rings. The monoisotopic (exact) mass is 516 g/mol. The third kappa shape index (κ3) is 15.5. The largest absolute Gasteiger partial charge is 0.480 e. The molecule has 0 aliphatic rings. The molecule has 3 N–H and O–H groups in total. The van der Waals surface area contributed by atoms with E-state index in [4.69, 9.17) is 0 Å². The van der Waals surface area contributed by atoms with E-state index >= 15 is 0 Å². The first-order valence-electron chi connectivity index (χ1n) is 14.8. The van der Waals surface area contributed by atoms with Gasteiger partial charge in [0, 0.05) is 18.5 Å². The molecule has 0 spiro atoms. The summed E-state index contributed by atoms with van der Waals surface area (Å²) in [7, 11) is 0. The van der Waals surface area contributed by atoms with Crippen LogP contribution in [0.25, 0.3) is 0 Å². The second-order valence-corrected chi connectivity index (χ2v) is 10.5. The number of amides is 2.